The van der Waals surface area contributed by atoms with Crippen LogP contribution >= 0.6 is 22.6 Å². The summed E-state index contributed by atoms with van der Waals surface area (Å²) in [4.78, 5) is 38.1. The Bertz CT molecular complexity index is 1110. The molecule has 0 aliphatic carbocycles. The number of benzene rings is 2. The highest BCUT2D eigenvalue weighted by molar-refractivity contribution is 14.1. The van der Waals surface area contributed by atoms with Gasteiger partial charge in [-0.15, -0.1) is 6.42 Å². The van der Waals surface area contributed by atoms with Crippen molar-refractivity contribution < 1.29 is 23.9 Å². The van der Waals surface area contributed by atoms with Crippen molar-refractivity contribution in [3.8, 4) is 23.8 Å². The third kappa shape index (κ3) is 5.35. The molecule has 1 fully saturated rings. The Balaban J connectivity index is 1.70. The highest BCUT2D eigenvalue weighted by Gasteiger charge is 2.35. The quantitative estimate of drug-likeness (QED) is 0.248. The minimum atomic E-state index is -0.671. The number of halogens is 1. The summed E-state index contributed by atoms with van der Waals surface area (Å²) in [5.74, 6) is 2.36. The zero-order chi connectivity index (χ0) is 22.4. The molecule has 1 saturated heterocycles. The number of hydrogen-bond acceptors (Lipinski definition) is 5. The molecule has 0 aromatic heterocycles. The predicted octanol–water partition coefficient (Wildman–Crippen LogP) is 2.84. The minimum absolute atomic E-state index is 0.0724. The van der Waals surface area contributed by atoms with Gasteiger partial charge in [0, 0.05) is 0 Å². The lowest BCUT2D eigenvalue weighted by atomic mass is 10.2. The second-order valence-corrected chi connectivity index (χ2v) is 7.47. The maximum absolute atomic E-state index is 12.6. The SMILES string of the molecule is C#CCOc1ccc(/C=C2/NC(=O)N(CC(=O)Nc3ccccc3OC)C2=O)cc1I. The van der Waals surface area contributed by atoms with E-state index in [1.54, 1.807) is 42.5 Å². The second kappa shape index (κ2) is 9.99. The van der Waals surface area contributed by atoms with Crippen molar-refractivity contribution in [2.45, 2.75) is 0 Å². The van der Waals surface area contributed by atoms with E-state index in [0.717, 1.165) is 8.47 Å². The van der Waals surface area contributed by atoms with E-state index in [9.17, 15) is 14.4 Å². The maximum Gasteiger partial charge on any atom is 0.329 e. The van der Waals surface area contributed by atoms with Crippen LogP contribution in [0.1, 0.15) is 5.56 Å². The number of rotatable bonds is 7. The molecule has 1 aliphatic heterocycles. The molecule has 0 unspecified atom stereocenters. The van der Waals surface area contributed by atoms with E-state index in [2.05, 4.69) is 39.1 Å². The van der Waals surface area contributed by atoms with Gasteiger partial charge in [0.15, 0.2) is 0 Å². The van der Waals surface area contributed by atoms with Gasteiger partial charge in [-0.1, -0.05) is 24.1 Å². The zero-order valence-electron chi connectivity index (χ0n) is 16.5. The Hall–Kier alpha value is -3.52. The molecule has 1 aliphatic rings. The van der Waals surface area contributed by atoms with Gasteiger partial charge < -0.3 is 20.1 Å². The summed E-state index contributed by atoms with van der Waals surface area (Å²) in [6.07, 6.45) is 6.73. The van der Waals surface area contributed by atoms with E-state index >= 15 is 0 Å². The minimum Gasteiger partial charge on any atom is -0.495 e. The smallest absolute Gasteiger partial charge is 0.329 e. The van der Waals surface area contributed by atoms with Crippen molar-refractivity contribution in [3.63, 3.8) is 0 Å². The summed E-state index contributed by atoms with van der Waals surface area (Å²) >= 11 is 2.09. The number of ether oxygens (including phenoxy) is 2. The summed E-state index contributed by atoms with van der Waals surface area (Å²) in [5, 5.41) is 5.13. The number of imide groups is 1. The van der Waals surface area contributed by atoms with Crippen LogP contribution in [-0.4, -0.2) is 43.0 Å². The highest BCUT2D eigenvalue weighted by Crippen LogP contribution is 2.25. The fraction of sp³-hybridized carbons (Fsp3) is 0.136. The average molecular weight is 531 g/mol. The molecule has 8 nitrogen and oxygen atoms in total. The first-order chi connectivity index (χ1) is 14.9. The zero-order valence-corrected chi connectivity index (χ0v) is 18.6. The Morgan fingerprint density at radius 3 is 2.74 bits per heavy atom. The molecule has 158 valence electrons. The molecule has 2 aromatic rings. The molecule has 0 bridgehead atoms. The Morgan fingerprint density at radius 1 is 1.26 bits per heavy atom. The van der Waals surface area contributed by atoms with Crippen molar-refractivity contribution in [3.05, 3.63) is 57.3 Å². The number of carbonyl (C=O) groups is 3. The van der Waals surface area contributed by atoms with Gasteiger partial charge in [-0.2, -0.15) is 0 Å². The summed E-state index contributed by atoms with van der Waals surface area (Å²) in [6.45, 7) is -0.284. The van der Waals surface area contributed by atoms with Crippen LogP contribution in [-0.2, 0) is 9.59 Å². The number of para-hydroxylation sites is 2. The Kier molecular flexibility index (Phi) is 7.15. The predicted molar refractivity (Wildman–Crippen MR) is 123 cm³/mol. The molecule has 31 heavy (non-hydrogen) atoms. The van der Waals surface area contributed by atoms with E-state index in [-0.39, 0.29) is 12.3 Å². The number of methoxy groups -OCH3 is 1. The second-order valence-electron chi connectivity index (χ2n) is 6.31. The lowest BCUT2D eigenvalue weighted by Gasteiger charge is -2.13. The third-order valence-corrected chi connectivity index (χ3v) is 5.07. The molecular weight excluding hydrogens is 513 g/mol. The van der Waals surface area contributed by atoms with Crippen LogP contribution in [0, 0.1) is 15.9 Å². The summed E-state index contributed by atoms with van der Waals surface area (Å²) in [5.41, 5.74) is 1.20. The first-order valence-electron chi connectivity index (χ1n) is 9.06. The van der Waals surface area contributed by atoms with Crippen molar-refractivity contribution in [1.29, 1.82) is 0 Å². The number of nitrogens with one attached hydrogen (secondary N) is 2. The molecule has 0 spiro atoms. The van der Waals surface area contributed by atoms with Crippen LogP contribution in [0.4, 0.5) is 10.5 Å². The molecule has 2 aromatic carbocycles. The third-order valence-electron chi connectivity index (χ3n) is 4.22. The standard InChI is InChI=1S/C22H18IN3O5/c1-3-10-31-18-9-8-14(11-15(18)23)12-17-21(28)26(22(29)25-17)13-20(27)24-16-6-4-5-7-19(16)30-2/h1,4-9,11-12H,10,13H2,2H3,(H,24,27)(H,25,29)/b17-12+. The molecular formula is C22H18IN3O5. The van der Waals surface area contributed by atoms with Crippen LogP contribution in [0.15, 0.2) is 48.2 Å². The summed E-state index contributed by atoms with van der Waals surface area (Å²) < 4.78 is 11.4. The van der Waals surface area contributed by atoms with Crippen molar-refractivity contribution in [2.24, 2.45) is 0 Å². The topological polar surface area (TPSA) is 97.0 Å². The fourth-order valence-electron chi connectivity index (χ4n) is 2.81. The molecule has 0 radical (unpaired) electrons. The van der Waals surface area contributed by atoms with Crippen LogP contribution in [0.2, 0.25) is 0 Å². The van der Waals surface area contributed by atoms with Gasteiger partial charge >= 0.3 is 6.03 Å². The molecule has 3 rings (SSSR count). The van der Waals surface area contributed by atoms with Gasteiger partial charge in [0.25, 0.3) is 5.91 Å². The summed E-state index contributed by atoms with van der Waals surface area (Å²) in [6, 6.07) is 11.4. The van der Waals surface area contributed by atoms with Crippen LogP contribution < -0.4 is 20.1 Å². The highest BCUT2D eigenvalue weighted by atomic mass is 127. The van der Waals surface area contributed by atoms with Gasteiger partial charge in [-0.05, 0) is 58.5 Å². The largest absolute Gasteiger partial charge is 0.495 e. The van der Waals surface area contributed by atoms with E-state index in [0.29, 0.717) is 22.7 Å². The fourth-order valence-corrected chi connectivity index (χ4v) is 3.50. The van der Waals surface area contributed by atoms with Gasteiger partial charge in [0.2, 0.25) is 5.91 Å². The van der Waals surface area contributed by atoms with Gasteiger partial charge in [0.05, 0.1) is 16.4 Å². The number of nitrogens with zero attached hydrogens (tertiary/aromatic N) is 1. The van der Waals surface area contributed by atoms with Gasteiger partial charge in [0.1, 0.15) is 30.3 Å². The van der Waals surface area contributed by atoms with Gasteiger partial charge in [-0.3, -0.25) is 9.59 Å². The Morgan fingerprint density at radius 2 is 2.03 bits per heavy atom. The lowest BCUT2D eigenvalue weighted by molar-refractivity contribution is -0.127. The van der Waals surface area contributed by atoms with Crippen LogP contribution in [0.25, 0.3) is 6.08 Å². The first-order valence-corrected chi connectivity index (χ1v) is 10.1. The van der Waals surface area contributed by atoms with E-state index < -0.39 is 24.4 Å². The lowest BCUT2D eigenvalue weighted by Crippen LogP contribution is -2.38. The Labute approximate surface area is 192 Å². The van der Waals surface area contributed by atoms with Crippen molar-refractivity contribution in [2.75, 3.05) is 25.6 Å². The normalized spacial score (nSPS) is 14.2. The van der Waals surface area contributed by atoms with Crippen molar-refractivity contribution in [1.82, 2.24) is 10.2 Å². The first kappa shape index (κ1) is 22.2. The maximum atomic E-state index is 12.6. The van der Waals surface area contributed by atoms with E-state index in [1.165, 1.54) is 13.2 Å². The van der Waals surface area contributed by atoms with Crippen LogP contribution in [0.3, 0.4) is 0 Å². The number of anilines is 1. The van der Waals surface area contributed by atoms with Crippen LogP contribution in [0.5, 0.6) is 11.5 Å². The van der Waals surface area contributed by atoms with E-state index in [1.807, 2.05) is 0 Å². The molecule has 0 saturated carbocycles. The summed E-state index contributed by atoms with van der Waals surface area (Å²) in [7, 11) is 1.48. The molecule has 1 heterocycles. The number of carbonyl (C=O) groups excluding carboxylic acids is 3. The van der Waals surface area contributed by atoms with Gasteiger partial charge in [-0.25, -0.2) is 9.69 Å². The monoisotopic (exact) mass is 531 g/mol. The average Bonchev–Trinajstić information content (AvgIpc) is 3.01. The van der Waals surface area contributed by atoms with E-state index in [4.69, 9.17) is 15.9 Å². The number of hydrogen-bond donors (Lipinski definition) is 2. The number of urea groups is 1. The molecule has 9 heteroatoms. The van der Waals surface area contributed by atoms with Crippen molar-refractivity contribution >= 4 is 52.2 Å². The molecule has 4 amide bonds. The molecule has 2 N–H and O–H groups in total. The molecule has 0 atom stereocenters. The number of amides is 4. The number of terminal acetylenes is 1.